The Bertz CT molecular complexity index is 445. The minimum absolute atomic E-state index is 0.111. The number of nitrogens with zero attached hydrogens (tertiary/aromatic N) is 2. The van der Waals surface area contributed by atoms with E-state index in [0.717, 1.165) is 17.1 Å². The highest BCUT2D eigenvalue weighted by Gasteiger charge is 2.27. The summed E-state index contributed by atoms with van der Waals surface area (Å²) in [6.45, 7) is 0.645. The molecular formula is C12H17N3O2. The number of methoxy groups -OCH3 is 2. The maximum Gasteiger partial charge on any atom is 0.191 e. The Morgan fingerprint density at radius 2 is 2.12 bits per heavy atom. The highest BCUT2D eigenvalue weighted by molar-refractivity contribution is 5.80. The zero-order chi connectivity index (χ0) is 12.4. The van der Waals surface area contributed by atoms with E-state index >= 15 is 0 Å². The minimum atomic E-state index is 0.111. The van der Waals surface area contributed by atoms with Gasteiger partial charge in [-0.15, -0.1) is 0 Å². The van der Waals surface area contributed by atoms with Crippen molar-refractivity contribution < 1.29 is 9.47 Å². The van der Waals surface area contributed by atoms with Gasteiger partial charge in [0.25, 0.3) is 0 Å². The monoisotopic (exact) mass is 235 g/mol. The van der Waals surface area contributed by atoms with Crippen molar-refractivity contribution in [1.29, 1.82) is 0 Å². The Hall–Kier alpha value is -1.91. The quantitative estimate of drug-likeness (QED) is 0.849. The van der Waals surface area contributed by atoms with Crippen LogP contribution in [0.25, 0.3) is 0 Å². The van der Waals surface area contributed by atoms with Crippen LogP contribution in [0.4, 0.5) is 0 Å². The number of hydrogen-bond donors (Lipinski definition) is 1. The van der Waals surface area contributed by atoms with Crippen molar-refractivity contribution in [3.63, 3.8) is 0 Å². The molecule has 0 bridgehead atoms. The van der Waals surface area contributed by atoms with Gasteiger partial charge in [-0.1, -0.05) is 12.1 Å². The van der Waals surface area contributed by atoms with Crippen LogP contribution in [-0.2, 0) is 0 Å². The van der Waals surface area contributed by atoms with Gasteiger partial charge in [0, 0.05) is 12.6 Å². The Morgan fingerprint density at radius 1 is 1.35 bits per heavy atom. The fourth-order valence-electron chi connectivity index (χ4n) is 2.06. The molecule has 0 aromatic heterocycles. The summed E-state index contributed by atoms with van der Waals surface area (Å²) in [4.78, 5) is 6.17. The fraction of sp³-hybridized carbons (Fsp3) is 0.417. The highest BCUT2D eigenvalue weighted by atomic mass is 16.5. The third-order valence-electron chi connectivity index (χ3n) is 3.05. The van der Waals surface area contributed by atoms with Gasteiger partial charge in [0.05, 0.1) is 26.8 Å². The average molecular weight is 235 g/mol. The van der Waals surface area contributed by atoms with E-state index in [1.807, 2.05) is 30.1 Å². The van der Waals surface area contributed by atoms with Gasteiger partial charge in [-0.05, 0) is 6.07 Å². The zero-order valence-electron chi connectivity index (χ0n) is 10.3. The maximum absolute atomic E-state index is 5.77. The van der Waals surface area contributed by atoms with Crippen LogP contribution in [-0.4, -0.2) is 38.7 Å². The van der Waals surface area contributed by atoms with Gasteiger partial charge >= 0.3 is 0 Å². The molecule has 1 heterocycles. The number of guanidine groups is 1. The molecule has 17 heavy (non-hydrogen) atoms. The third kappa shape index (κ3) is 1.88. The first-order valence-corrected chi connectivity index (χ1v) is 5.42. The molecule has 1 aromatic rings. The fourth-order valence-corrected chi connectivity index (χ4v) is 2.06. The van der Waals surface area contributed by atoms with Gasteiger partial charge in [-0.25, -0.2) is 0 Å². The molecule has 0 fully saturated rings. The first-order chi connectivity index (χ1) is 8.19. The SMILES string of the molecule is COc1cccc(C2CN=C(N)N2C)c1OC. The maximum atomic E-state index is 5.77. The molecule has 0 amide bonds. The molecule has 1 unspecified atom stereocenters. The smallest absolute Gasteiger partial charge is 0.191 e. The van der Waals surface area contributed by atoms with Crippen LogP contribution >= 0.6 is 0 Å². The lowest BCUT2D eigenvalue weighted by atomic mass is 10.0. The van der Waals surface area contributed by atoms with Crippen LogP contribution < -0.4 is 15.2 Å². The van der Waals surface area contributed by atoms with Gasteiger partial charge in [-0.2, -0.15) is 0 Å². The zero-order valence-corrected chi connectivity index (χ0v) is 10.3. The van der Waals surface area contributed by atoms with Crippen LogP contribution in [0.3, 0.4) is 0 Å². The second-order valence-electron chi connectivity index (χ2n) is 3.91. The predicted molar refractivity (Wildman–Crippen MR) is 66.5 cm³/mol. The van der Waals surface area contributed by atoms with Crippen molar-refractivity contribution >= 4 is 5.96 Å². The average Bonchev–Trinajstić information content (AvgIpc) is 2.69. The molecule has 5 nitrogen and oxygen atoms in total. The number of ether oxygens (including phenoxy) is 2. The summed E-state index contributed by atoms with van der Waals surface area (Å²) < 4.78 is 10.7. The normalized spacial score (nSPS) is 19.1. The van der Waals surface area contributed by atoms with Crippen molar-refractivity contribution in [3.05, 3.63) is 23.8 Å². The summed E-state index contributed by atoms with van der Waals surface area (Å²) in [6, 6.07) is 5.94. The lowest BCUT2D eigenvalue weighted by molar-refractivity contribution is 0.336. The molecule has 92 valence electrons. The number of nitrogens with two attached hydrogens (primary N) is 1. The Morgan fingerprint density at radius 3 is 2.65 bits per heavy atom. The third-order valence-corrected chi connectivity index (χ3v) is 3.05. The Balaban J connectivity index is 2.39. The Labute approximate surface area is 101 Å². The second-order valence-corrected chi connectivity index (χ2v) is 3.91. The molecule has 1 aliphatic heterocycles. The number of benzene rings is 1. The summed E-state index contributed by atoms with van der Waals surface area (Å²) in [5, 5.41) is 0. The first kappa shape index (κ1) is 11.6. The molecule has 0 saturated heterocycles. The van der Waals surface area contributed by atoms with Gasteiger partial charge in [-0.3, -0.25) is 4.99 Å². The summed E-state index contributed by atoms with van der Waals surface area (Å²) in [5.74, 6) is 2.03. The molecule has 0 saturated carbocycles. The Kier molecular flexibility index (Phi) is 3.08. The van der Waals surface area contributed by atoms with E-state index in [-0.39, 0.29) is 6.04 Å². The summed E-state index contributed by atoms with van der Waals surface area (Å²) in [6.07, 6.45) is 0. The van der Waals surface area contributed by atoms with E-state index in [9.17, 15) is 0 Å². The van der Waals surface area contributed by atoms with Gasteiger partial charge in [0.15, 0.2) is 17.5 Å². The second kappa shape index (κ2) is 4.53. The summed E-state index contributed by atoms with van der Waals surface area (Å²) in [7, 11) is 5.20. The molecule has 0 spiro atoms. The van der Waals surface area contributed by atoms with Crippen molar-refractivity contribution in [2.24, 2.45) is 10.7 Å². The van der Waals surface area contributed by atoms with E-state index < -0.39 is 0 Å². The van der Waals surface area contributed by atoms with Crippen LogP contribution in [0.1, 0.15) is 11.6 Å². The summed E-state index contributed by atoms with van der Waals surface area (Å²) in [5.41, 5.74) is 6.81. The van der Waals surface area contributed by atoms with E-state index in [1.165, 1.54) is 0 Å². The van der Waals surface area contributed by atoms with E-state index in [2.05, 4.69) is 4.99 Å². The molecular weight excluding hydrogens is 218 g/mol. The predicted octanol–water partition coefficient (Wildman–Crippen LogP) is 1.00. The molecule has 1 aliphatic rings. The molecule has 0 radical (unpaired) electrons. The van der Waals surface area contributed by atoms with Crippen molar-refractivity contribution in [1.82, 2.24) is 4.90 Å². The number of hydrogen-bond acceptors (Lipinski definition) is 5. The van der Waals surface area contributed by atoms with E-state index in [4.69, 9.17) is 15.2 Å². The minimum Gasteiger partial charge on any atom is -0.493 e. The van der Waals surface area contributed by atoms with E-state index in [0.29, 0.717) is 12.5 Å². The summed E-state index contributed by atoms with van der Waals surface area (Å²) >= 11 is 0. The van der Waals surface area contributed by atoms with Gasteiger partial charge < -0.3 is 20.1 Å². The van der Waals surface area contributed by atoms with Crippen LogP contribution in [0.2, 0.25) is 0 Å². The topological polar surface area (TPSA) is 60.1 Å². The number of likely N-dealkylation sites (N-methyl/N-ethyl adjacent to an activating group) is 1. The number of rotatable bonds is 3. The van der Waals surface area contributed by atoms with Crippen molar-refractivity contribution in [2.45, 2.75) is 6.04 Å². The lowest BCUT2D eigenvalue weighted by Crippen LogP contribution is -2.32. The molecule has 5 heteroatoms. The molecule has 1 atom stereocenters. The van der Waals surface area contributed by atoms with Crippen molar-refractivity contribution in [3.8, 4) is 11.5 Å². The first-order valence-electron chi connectivity index (χ1n) is 5.42. The molecule has 2 N–H and O–H groups in total. The molecule has 2 rings (SSSR count). The number of para-hydroxylation sites is 1. The highest BCUT2D eigenvalue weighted by Crippen LogP contribution is 2.37. The molecule has 0 aliphatic carbocycles. The standard InChI is InChI=1S/C12H17N3O2/c1-15-9(7-14-12(15)13)8-5-4-6-10(16-2)11(8)17-3/h4-6,9H,7H2,1-3H3,(H2,13,14). The van der Waals surface area contributed by atoms with Gasteiger partial charge in [0.1, 0.15) is 0 Å². The van der Waals surface area contributed by atoms with Crippen LogP contribution in [0, 0.1) is 0 Å². The van der Waals surface area contributed by atoms with Crippen LogP contribution in [0.5, 0.6) is 11.5 Å². The van der Waals surface area contributed by atoms with Gasteiger partial charge in [0.2, 0.25) is 0 Å². The number of aliphatic imine (C=N–C) groups is 1. The lowest BCUT2D eigenvalue weighted by Gasteiger charge is -2.24. The largest absolute Gasteiger partial charge is 0.493 e. The molecule has 1 aromatic carbocycles. The van der Waals surface area contributed by atoms with Crippen LogP contribution in [0.15, 0.2) is 23.2 Å². The van der Waals surface area contributed by atoms with Crippen molar-refractivity contribution in [2.75, 3.05) is 27.8 Å². The van der Waals surface area contributed by atoms with E-state index in [1.54, 1.807) is 14.2 Å².